The van der Waals surface area contributed by atoms with E-state index in [1.807, 2.05) is 39.2 Å². The molecule has 0 amide bonds. The fourth-order valence-electron chi connectivity index (χ4n) is 2.71. The predicted molar refractivity (Wildman–Crippen MR) is 109 cm³/mol. The van der Waals surface area contributed by atoms with E-state index in [2.05, 4.69) is 68.8 Å². The summed E-state index contributed by atoms with van der Waals surface area (Å²) in [6, 6.07) is 18.5. The van der Waals surface area contributed by atoms with E-state index in [-0.39, 0.29) is 0 Å². The van der Waals surface area contributed by atoms with Gasteiger partial charge in [0.25, 0.3) is 0 Å². The van der Waals surface area contributed by atoms with E-state index < -0.39 is 0 Å². The van der Waals surface area contributed by atoms with Crippen molar-refractivity contribution in [3.63, 3.8) is 0 Å². The van der Waals surface area contributed by atoms with Gasteiger partial charge in [0.1, 0.15) is 17.5 Å². The van der Waals surface area contributed by atoms with Crippen molar-refractivity contribution in [1.29, 1.82) is 0 Å². The van der Waals surface area contributed by atoms with Crippen molar-refractivity contribution in [2.75, 3.05) is 29.6 Å². The van der Waals surface area contributed by atoms with Crippen molar-refractivity contribution in [3.05, 3.63) is 71.5 Å². The van der Waals surface area contributed by atoms with Gasteiger partial charge in [-0.3, -0.25) is 0 Å². The van der Waals surface area contributed by atoms with Gasteiger partial charge in [-0.15, -0.1) is 0 Å². The Morgan fingerprint density at radius 1 is 0.885 bits per heavy atom. The average molecular weight is 347 g/mol. The third kappa shape index (κ3) is 4.51. The van der Waals surface area contributed by atoms with Crippen LogP contribution in [0.5, 0.6) is 0 Å². The van der Waals surface area contributed by atoms with Crippen LogP contribution < -0.4 is 15.5 Å². The van der Waals surface area contributed by atoms with Gasteiger partial charge in [-0.2, -0.15) is 0 Å². The fraction of sp³-hybridized carbons (Fsp3) is 0.238. The molecule has 3 rings (SSSR count). The quantitative estimate of drug-likeness (QED) is 0.687. The second-order valence-corrected chi connectivity index (χ2v) is 6.53. The zero-order chi connectivity index (χ0) is 18.5. The Kier molecular flexibility index (Phi) is 5.37. The Morgan fingerprint density at radius 3 is 2.27 bits per heavy atom. The van der Waals surface area contributed by atoms with Crippen LogP contribution in [0, 0.1) is 13.8 Å². The second kappa shape index (κ2) is 7.87. The van der Waals surface area contributed by atoms with Crippen LogP contribution in [-0.4, -0.2) is 24.1 Å². The number of benzene rings is 2. The molecule has 0 unspecified atom stereocenters. The first-order valence-corrected chi connectivity index (χ1v) is 8.70. The van der Waals surface area contributed by atoms with Gasteiger partial charge < -0.3 is 15.5 Å². The number of hydrogen-bond acceptors (Lipinski definition) is 5. The van der Waals surface area contributed by atoms with Gasteiger partial charge >= 0.3 is 0 Å². The smallest absolute Gasteiger partial charge is 0.136 e. The van der Waals surface area contributed by atoms with Crippen LogP contribution in [0.2, 0.25) is 0 Å². The van der Waals surface area contributed by atoms with Crippen molar-refractivity contribution < 1.29 is 0 Å². The number of aryl methyl sites for hydroxylation is 2. The van der Waals surface area contributed by atoms with Crippen molar-refractivity contribution in [2.24, 2.45) is 0 Å². The summed E-state index contributed by atoms with van der Waals surface area (Å²) < 4.78 is 0. The minimum atomic E-state index is 0.729. The summed E-state index contributed by atoms with van der Waals surface area (Å²) in [5.74, 6) is 2.32. The molecule has 1 heterocycles. The van der Waals surface area contributed by atoms with Crippen LogP contribution >= 0.6 is 0 Å². The second-order valence-electron chi connectivity index (χ2n) is 6.53. The molecule has 0 atom stereocenters. The molecule has 0 aliphatic rings. The van der Waals surface area contributed by atoms with Crippen molar-refractivity contribution in [1.82, 2.24) is 9.97 Å². The van der Waals surface area contributed by atoms with Crippen LogP contribution in [0.4, 0.5) is 23.0 Å². The average Bonchev–Trinajstić information content (AvgIpc) is 2.61. The monoisotopic (exact) mass is 347 g/mol. The molecule has 5 nitrogen and oxygen atoms in total. The molecule has 0 spiro atoms. The Hall–Kier alpha value is -3.08. The van der Waals surface area contributed by atoms with Crippen molar-refractivity contribution in [2.45, 2.75) is 20.4 Å². The molecule has 0 bridgehead atoms. The molecular formula is C21H25N5. The normalized spacial score (nSPS) is 10.5. The lowest BCUT2D eigenvalue weighted by Crippen LogP contribution is -2.08. The lowest BCUT2D eigenvalue weighted by atomic mass is 10.1. The number of hydrogen-bond donors (Lipinski definition) is 2. The van der Waals surface area contributed by atoms with Crippen LogP contribution in [0.25, 0.3) is 0 Å². The van der Waals surface area contributed by atoms with Gasteiger partial charge in [0.15, 0.2) is 0 Å². The first-order chi connectivity index (χ1) is 12.5. The molecule has 0 radical (unpaired) electrons. The Bertz CT molecular complexity index is 872. The molecule has 134 valence electrons. The number of nitrogens with zero attached hydrogens (tertiary/aromatic N) is 3. The maximum absolute atomic E-state index is 4.49. The minimum absolute atomic E-state index is 0.729. The Balaban J connectivity index is 1.72. The molecule has 1 aromatic heterocycles. The van der Waals surface area contributed by atoms with E-state index >= 15 is 0 Å². The SMILES string of the molecule is Cc1nc(NCc2ccccc2C)cc(Nc2ccc(N(C)C)cc2)n1. The molecular weight excluding hydrogens is 322 g/mol. The van der Waals surface area contributed by atoms with Crippen molar-refractivity contribution in [3.8, 4) is 0 Å². The molecule has 0 aliphatic heterocycles. The lowest BCUT2D eigenvalue weighted by Gasteiger charge is -2.14. The van der Waals surface area contributed by atoms with Crippen LogP contribution in [-0.2, 0) is 6.54 Å². The van der Waals surface area contributed by atoms with E-state index in [0.29, 0.717) is 0 Å². The lowest BCUT2D eigenvalue weighted by molar-refractivity contribution is 1.02. The third-order valence-corrected chi connectivity index (χ3v) is 4.22. The summed E-state index contributed by atoms with van der Waals surface area (Å²) in [5, 5.41) is 6.75. The summed E-state index contributed by atoms with van der Waals surface area (Å²) in [6.07, 6.45) is 0. The molecule has 0 saturated carbocycles. The van der Waals surface area contributed by atoms with E-state index in [1.165, 1.54) is 11.1 Å². The van der Waals surface area contributed by atoms with Crippen LogP contribution in [0.15, 0.2) is 54.6 Å². The molecule has 0 aliphatic carbocycles. The zero-order valence-electron chi connectivity index (χ0n) is 15.7. The maximum atomic E-state index is 4.49. The molecule has 2 aromatic carbocycles. The molecule has 2 N–H and O–H groups in total. The highest BCUT2D eigenvalue weighted by atomic mass is 15.1. The highest BCUT2D eigenvalue weighted by Gasteiger charge is 2.04. The summed E-state index contributed by atoms with van der Waals surface area (Å²) >= 11 is 0. The molecule has 0 fully saturated rings. The predicted octanol–water partition coefficient (Wildman–Crippen LogP) is 4.52. The van der Waals surface area contributed by atoms with E-state index in [0.717, 1.165) is 35.4 Å². The summed E-state index contributed by atoms with van der Waals surface area (Å²) in [4.78, 5) is 11.1. The molecule has 0 saturated heterocycles. The van der Waals surface area contributed by atoms with Gasteiger partial charge in [-0.1, -0.05) is 24.3 Å². The van der Waals surface area contributed by atoms with Gasteiger partial charge in [-0.25, -0.2) is 9.97 Å². The van der Waals surface area contributed by atoms with Crippen LogP contribution in [0.3, 0.4) is 0 Å². The highest BCUT2D eigenvalue weighted by molar-refractivity contribution is 5.62. The molecule has 26 heavy (non-hydrogen) atoms. The van der Waals surface area contributed by atoms with E-state index in [1.54, 1.807) is 0 Å². The molecule has 3 aromatic rings. The summed E-state index contributed by atoms with van der Waals surface area (Å²) in [7, 11) is 4.06. The standard InChI is InChI=1S/C21H25N5/c1-15-7-5-6-8-17(15)14-22-20-13-21(24-16(2)23-20)25-18-9-11-19(12-10-18)26(3)4/h5-13H,14H2,1-4H3,(H2,22,23,24,25). The van der Waals surface area contributed by atoms with E-state index in [4.69, 9.17) is 0 Å². The number of rotatable bonds is 6. The largest absolute Gasteiger partial charge is 0.378 e. The summed E-state index contributed by atoms with van der Waals surface area (Å²) in [5.41, 5.74) is 4.69. The van der Waals surface area contributed by atoms with Gasteiger partial charge in [0, 0.05) is 38.1 Å². The highest BCUT2D eigenvalue weighted by Crippen LogP contribution is 2.21. The number of anilines is 4. The number of nitrogens with one attached hydrogen (secondary N) is 2. The zero-order valence-corrected chi connectivity index (χ0v) is 15.7. The third-order valence-electron chi connectivity index (χ3n) is 4.22. The minimum Gasteiger partial charge on any atom is -0.378 e. The van der Waals surface area contributed by atoms with Crippen LogP contribution in [0.1, 0.15) is 17.0 Å². The Labute approximate surface area is 155 Å². The number of aromatic nitrogens is 2. The Morgan fingerprint density at radius 2 is 1.58 bits per heavy atom. The van der Waals surface area contributed by atoms with Crippen molar-refractivity contribution >= 4 is 23.0 Å². The van der Waals surface area contributed by atoms with Gasteiger partial charge in [0.2, 0.25) is 0 Å². The first-order valence-electron chi connectivity index (χ1n) is 8.70. The van der Waals surface area contributed by atoms with Gasteiger partial charge in [0.05, 0.1) is 0 Å². The van der Waals surface area contributed by atoms with E-state index in [9.17, 15) is 0 Å². The summed E-state index contributed by atoms with van der Waals surface area (Å²) in [6.45, 7) is 4.76. The molecule has 5 heteroatoms. The topological polar surface area (TPSA) is 53.1 Å². The maximum Gasteiger partial charge on any atom is 0.136 e. The van der Waals surface area contributed by atoms with Gasteiger partial charge in [-0.05, 0) is 49.2 Å². The first kappa shape index (κ1) is 17.7. The fourth-order valence-corrected chi connectivity index (χ4v) is 2.71.